The van der Waals surface area contributed by atoms with Gasteiger partial charge in [-0.1, -0.05) is 22.0 Å². The van der Waals surface area contributed by atoms with Crippen molar-refractivity contribution in [3.05, 3.63) is 28.2 Å². The lowest BCUT2D eigenvalue weighted by molar-refractivity contribution is 0.193. The van der Waals surface area contributed by atoms with Crippen LogP contribution in [0.25, 0.3) is 0 Å². The van der Waals surface area contributed by atoms with Crippen molar-refractivity contribution in [2.45, 2.75) is 25.4 Å². The first kappa shape index (κ1) is 12.9. The number of nitrogens with zero attached hydrogens (tertiary/aromatic N) is 1. The Bertz CT molecular complexity index is 389. The molecule has 1 aromatic rings. The molecule has 1 heterocycles. The second-order valence-corrected chi connectivity index (χ2v) is 5.48. The van der Waals surface area contributed by atoms with Gasteiger partial charge < -0.3 is 15.4 Å². The monoisotopic (exact) mass is 298 g/mol. The van der Waals surface area contributed by atoms with Crippen LogP contribution in [-0.4, -0.2) is 26.3 Å². The van der Waals surface area contributed by atoms with Crippen LogP contribution in [0.1, 0.15) is 24.9 Å². The molecule has 0 radical (unpaired) electrons. The number of ether oxygens (including phenoxy) is 1. The van der Waals surface area contributed by atoms with Gasteiger partial charge in [-0.05, 0) is 31.0 Å². The maximum Gasteiger partial charge on any atom is 0.0670 e. The number of benzene rings is 1. The first-order valence-electron chi connectivity index (χ1n) is 5.95. The Morgan fingerprint density at radius 3 is 2.82 bits per heavy atom. The Morgan fingerprint density at radius 1 is 1.53 bits per heavy atom. The molecule has 2 N–H and O–H groups in total. The zero-order valence-electron chi connectivity index (χ0n) is 10.3. The van der Waals surface area contributed by atoms with E-state index in [2.05, 4.69) is 46.1 Å². The topological polar surface area (TPSA) is 38.5 Å². The van der Waals surface area contributed by atoms with Crippen molar-refractivity contribution in [2.24, 2.45) is 5.73 Å². The summed E-state index contributed by atoms with van der Waals surface area (Å²) in [5.41, 5.74) is 8.25. The molecule has 3 nitrogen and oxygen atoms in total. The number of likely N-dealkylation sites (N-methyl/N-ethyl adjacent to an activating group) is 1. The highest BCUT2D eigenvalue weighted by molar-refractivity contribution is 9.10. The molecule has 0 bridgehead atoms. The van der Waals surface area contributed by atoms with Gasteiger partial charge in [0, 0.05) is 29.9 Å². The number of halogens is 1. The van der Waals surface area contributed by atoms with E-state index in [4.69, 9.17) is 10.5 Å². The summed E-state index contributed by atoms with van der Waals surface area (Å²) in [6.07, 6.45) is 1.10. The van der Waals surface area contributed by atoms with Crippen LogP contribution < -0.4 is 10.6 Å². The summed E-state index contributed by atoms with van der Waals surface area (Å²) in [4.78, 5) is 2.28. The van der Waals surface area contributed by atoms with E-state index in [0.29, 0.717) is 6.04 Å². The molecule has 4 heteroatoms. The SMILES string of the molecule is C[C@H](N)c1ccc(N(C)C2CCOC2)cc1Br. The van der Waals surface area contributed by atoms with Gasteiger partial charge in [0.25, 0.3) is 0 Å². The van der Waals surface area contributed by atoms with Gasteiger partial charge in [0.1, 0.15) is 0 Å². The molecule has 1 aliphatic rings. The standard InChI is InChI=1S/C13H19BrN2O/c1-9(15)12-4-3-10(7-13(12)14)16(2)11-5-6-17-8-11/h3-4,7,9,11H,5-6,8,15H2,1-2H3/t9-,11?/m0/s1. The highest BCUT2D eigenvalue weighted by atomic mass is 79.9. The Labute approximate surface area is 111 Å². The van der Waals surface area contributed by atoms with Crippen LogP contribution in [0.2, 0.25) is 0 Å². The quantitative estimate of drug-likeness (QED) is 0.932. The second-order valence-electron chi connectivity index (χ2n) is 4.62. The predicted octanol–water partition coefficient (Wildman–Crippen LogP) is 2.69. The summed E-state index contributed by atoms with van der Waals surface area (Å²) in [5.74, 6) is 0. The van der Waals surface area contributed by atoms with Gasteiger partial charge in [-0.2, -0.15) is 0 Å². The summed E-state index contributed by atoms with van der Waals surface area (Å²) in [6.45, 7) is 3.69. The Kier molecular flexibility index (Phi) is 4.07. The van der Waals surface area contributed by atoms with E-state index in [-0.39, 0.29) is 6.04 Å². The van der Waals surface area contributed by atoms with Crippen molar-refractivity contribution in [3.63, 3.8) is 0 Å². The maximum atomic E-state index is 5.90. The molecule has 0 aromatic heterocycles. The van der Waals surface area contributed by atoms with E-state index in [1.165, 1.54) is 5.69 Å². The summed E-state index contributed by atoms with van der Waals surface area (Å²) in [7, 11) is 2.12. The minimum Gasteiger partial charge on any atom is -0.379 e. The highest BCUT2D eigenvalue weighted by Gasteiger charge is 2.21. The van der Waals surface area contributed by atoms with E-state index in [0.717, 1.165) is 29.7 Å². The van der Waals surface area contributed by atoms with Crippen LogP contribution in [0, 0.1) is 0 Å². The number of rotatable bonds is 3. The van der Waals surface area contributed by atoms with Crippen molar-refractivity contribution in [3.8, 4) is 0 Å². The van der Waals surface area contributed by atoms with Crippen LogP contribution in [0.4, 0.5) is 5.69 Å². The molecule has 0 spiro atoms. The molecule has 2 atom stereocenters. The minimum atomic E-state index is 0.0542. The third-order valence-electron chi connectivity index (χ3n) is 3.34. The highest BCUT2D eigenvalue weighted by Crippen LogP contribution is 2.28. The molecule has 17 heavy (non-hydrogen) atoms. The summed E-state index contributed by atoms with van der Waals surface area (Å²) < 4.78 is 6.50. The van der Waals surface area contributed by atoms with Crippen molar-refractivity contribution in [2.75, 3.05) is 25.2 Å². The average molecular weight is 299 g/mol. The smallest absolute Gasteiger partial charge is 0.0670 e. The van der Waals surface area contributed by atoms with Crippen LogP contribution >= 0.6 is 15.9 Å². The summed E-state index contributed by atoms with van der Waals surface area (Å²) in [5, 5.41) is 0. The molecule has 0 saturated carbocycles. The van der Waals surface area contributed by atoms with E-state index < -0.39 is 0 Å². The Balaban J connectivity index is 2.18. The van der Waals surface area contributed by atoms with Crippen LogP contribution in [0.15, 0.2) is 22.7 Å². The third-order valence-corrected chi connectivity index (χ3v) is 4.02. The normalized spacial score (nSPS) is 21.5. The summed E-state index contributed by atoms with van der Waals surface area (Å²) in [6, 6.07) is 6.90. The van der Waals surface area contributed by atoms with E-state index >= 15 is 0 Å². The Hall–Kier alpha value is -0.580. The number of anilines is 1. The number of hydrogen-bond acceptors (Lipinski definition) is 3. The van der Waals surface area contributed by atoms with Gasteiger partial charge in [0.2, 0.25) is 0 Å². The summed E-state index contributed by atoms with van der Waals surface area (Å²) >= 11 is 3.59. The van der Waals surface area contributed by atoms with Crippen molar-refractivity contribution in [1.29, 1.82) is 0 Å². The van der Waals surface area contributed by atoms with Gasteiger partial charge in [0.15, 0.2) is 0 Å². The van der Waals surface area contributed by atoms with Crippen molar-refractivity contribution < 1.29 is 4.74 Å². The zero-order chi connectivity index (χ0) is 12.4. The lowest BCUT2D eigenvalue weighted by Crippen LogP contribution is -2.31. The second kappa shape index (κ2) is 5.38. The van der Waals surface area contributed by atoms with Gasteiger partial charge in [-0.25, -0.2) is 0 Å². The molecule has 0 amide bonds. The molecule has 0 aliphatic carbocycles. The van der Waals surface area contributed by atoms with Gasteiger partial charge in [-0.15, -0.1) is 0 Å². The minimum absolute atomic E-state index is 0.0542. The average Bonchev–Trinajstić information content (AvgIpc) is 2.80. The van der Waals surface area contributed by atoms with Crippen LogP contribution in [-0.2, 0) is 4.74 Å². The fourth-order valence-electron chi connectivity index (χ4n) is 2.14. The van der Waals surface area contributed by atoms with E-state index in [1.807, 2.05) is 6.92 Å². The van der Waals surface area contributed by atoms with Crippen molar-refractivity contribution in [1.82, 2.24) is 0 Å². The van der Waals surface area contributed by atoms with E-state index in [1.54, 1.807) is 0 Å². The first-order chi connectivity index (χ1) is 8.09. The van der Waals surface area contributed by atoms with Crippen molar-refractivity contribution >= 4 is 21.6 Å². The molecule has 1 fully saturated rings. The molecule has 2 rings (SSSR count). The lowest BCUT2D eigenvalue weighted by atomic mass is 10.1. The fraction of sp³-hybridized carbons (Fsp3) is 0.538. The number of nitrogens with two attached hydrogens (primary N) is 1. The van der Waals surface area contributed by atoms with Gasteiger partial charge in [-0.3, -0.25) is 0 Å². The maximum absolute atomic E-state index is 5.90. The third kappa shape index (κ3) is 2.81. The predicted molar refractivity (Wildman–Crippen MR) is 74.4 cm³/mol. The molecule has 1 aromatic carbocycles. The van der Waals surface area contributed by atoms with Crippen LogP contribution in [0.3, 0.4) is 0 Å². The lowest BCUT2D eigenvalue weighted by Gasteiger charge is -2.26. The molecule has 94 valence electrons. The molecule has 1 saturated heterocycles. The molecular weight excluding hydrogens is 280 g/mol. The number of hydrogen-bond donors (Lipinski definition) is 1. The molecule has 1 aliphatic heterocycles. The molecule has 1 unspecified atom stereocenters. The first-order valence-corrected chi connectivity index (χ1v) is 6.74. The van der Waals surface area contributed by atoms with Gasteiger partial charge in [0.05, 0.1) is 12.6 Å². The molecular formula is C13H19BrN2O. The van der Waals surface area contributed by atoms with Crippen LogP contribution in [0.5, 0.6) is 0 Å². The zero-order valence-corrected chi connectivity index (χ0v) is 11.9. The Morgan fingerprint density at radius 2 is 2.29 bits per heavy atom. The largest absolute Gasteiger partial charge is 0.379 e. The van der Waals surface area contributed by atoms with E-state index in [9.17, 15) is 0 Å². The fourth-order valence-corrected chi connectivity index (χ4v) is 2.87. The van der Waals surface area contributed by atoms with Gasteiger partial charge >= 0.3 is 0 Å².